The highest BCUT2D eigenvalue weighted by Crippen LogP contribution is 2.38. The molecule has 2 aromatic rings. The number of benzene rings is 2. The van der Waals surface area contributed by atoms with E-state index in [4.69, 9.17) is 4.74 Å². The van der Waals surface area contributed by atoms with Gasteiger partial charge >= 0.3 is 0 Å². The van der Waals surface area contributed by atoms with Crippen LogP contribution in [0.25, 0.3) is 0 Å². The standard InChI is InChI=1S/C18H17FO2/c1-21-13-9-10-16(17(19)11-13)18(20)15-8-3-2-7-14(15)12-5-4-6-12/h2-3,7-12H,4-6H2,1H3. The normalized spacial score (nSPS) is 14.6. The van der Waals surface area contributed by atoms with Crippen LogP contribution < -0.4 is 4.74 Å². The van der Waals surface area contributed by atoms with Crippen molar-refractivity contribution in [2.45, 2.75) is 25.2 Å². The van der Waals surface area contributed by atoms with Gasteiger partial charge in [0.25, 0.3) is 0 Å². The van der Waals surface area contributed by atoms with E-state index in [1.807, 2.05) is 18.2 Å². The van der Waals surface area contributed by atoms with Crippen molar-refractivity contribution in [3.8, 4) is 5.75 Å². The highest BCUT2D eigenvalue weighted by molar-refractivity contribution is 6.10. The minimum absolute atomic E-state index is 0.0996. The fourth-order valence-corrected chi connectivity index (χ4v) is 2.73. The van der Waals surface area contributed by atoms with E-state index in [9.17, 15) is 9.18 Å². The SMILES string of the molecule is COc1ccc(C(=O)c2ccccc2C2CCC2)c(F)c1. The molecule has 0 spiro atoms. The van der Waals surface area contributed by atoms with Crippen LogP contribution in [0.1, 0.15) is 46.7 Å². The minimum atomic E-state index is -0.539. The third kappa shape index (κ3) is 2.56. The van der Waals surface area contributed by atoms with Gasteiger partial charge in [-0.15, -0.1) is 0 Å². The Kier molecular flexibility index (Phi) is 3.74. The zero-order valence-electron chi connectivity index (χ0n) is 11.9. The van der Waals surface area contributed by atoms with Crippen LogP contribution in [0.3, 0.4) is 0 Å². The first-order valence-electron chi connectivity index (χ1n) is 7.18. The molecule has 1 saturated carbocycles. The maximum absolute atomic E-state index is 14.1. The number of methoxy groups -OCH3 is 1. The van der Waals surface area contributed by atoms with E-state index in [-0.39, 0.29) is 11.3 Å². The van der Waals surface area contributed by atoms with E-state index in [0.717, 1.165) is 18.4 Å². The Labute approximate surface area is 123 Å². The van der Waals surface area contributed by atoms with Crippen molar-refractivity contribution in [3.05, 3.63) is 65.0 Å². The fourth-order valence-electron chi connectivity index (χ4n) is 2.73. The molecule has 0 aromatic heterocycles. The van der Waals surface area contributed by atoms with Crippen LogP contribution in [0.15, 0.2) is 42.5 Å². The van der Waals surface area contributed by atoms with Gasteiger partial charge in [-0.1, -0.05) is 30.7 Å². The Morgan fingerprint density at radius 1 is 1.14 bits per heavy atom. The van der Waals surface area contributed by atoms with E-state index in [0.29, 0.717) is 17.2 Å². The Hall–Kier alpha value is -2.16. The zero-order chi connectivity index (χ0) is 14.8. The van der Waals surface area contributed by atoms with E-state index >= 15 is 0 Å². The number of halogens is 1. The molecule has 0 bridgehead atoms. The van der Waals surface area contributed by atoms with Crippen molar-refractivity contribution in [2.75, 3.05) is 7.11 Å². The summed E-state index contributed by atoms with van der Waals surface area (Å²) in [5.41, 5.74) is 1.76. The first kappa shape index (κ1) is 13.8. The number of hydrogen-bond acceptors (Lipinski definition) is 2. The van der Waals surface area contributed by atoms with Crippen molar-refractivity contribution < 1.29 is 13.9 Å². The summed E-state index contributed by atoms with van der Waals surface area (Å²) in [5, 5.41) is 0. The Bertz CT molecular complexity index is 675. The highest BCUT2D eigenvalue weighted by atomic mass is 19.1. The van der Waals surface area contributed by atoms with Crippen LogP contribution in [0.4, 0.5) is 4.39 Å². The van der Waals surface area contributed by atoms with E-state index < -0.39 is 5.82 Å². The summed E-state index contributed by atoms with van der Waals surface area (Å²) in [6, 6.07) is 11.9. The van der Waals surface area contributed by atoms with Crippen molar-refractivity contribution in [2.24, 2.45) is 0 Å². The molecule has 21 heavy (non-hydrogen) atoms. The first-order chi connectivity index (χ1) is 10.2. The van der Waals surface area contributed by atoms with Gasteiger partial charge in [-0.05, 0) is 36.5 Å². The van der Waals surface area contributed by atoms with Gasteiger partial charge in [0.05, 0.1) is 12.7 Å². The molecule has 0 heterocycles. The molecule has 1 fully saturated rings. The maximum atomic E-state index is 14.1. The molecule has 108 valence electrons. The molecule has 0 atom stereocenters. The monoisotopic (exact) mass is 284 g/mol. The van der Waals surface area contributed by atoms with Gasteiger partial charge in [-0.2, -0.15) is 0 Å². The van der Waals surface area contributed by atoms with Gasteiger partial charge < -0.3 is 4.74 Å². The van der Waals surface area contributed by atoms with Crippen molar-refractivity contribution in [1.29, 1.82) is 0 Å². The van der Waals surface area contributed by atoms with Crippen LogP contribution in [-0.4, -0.2) is 12.9 Å². The van der Waals surface area contributed by atoms with Crippen LogP contribution in [0.2, 0.25) is 0 Å². The van der Waals surface area contributed by atoms with Crippen molar-refractivity contribution in [1.82, 2.24) is 0 Å². The van der Waals surface area contributed by atoms with Gasteiger partial charge in [0.2, 0.25) is 0 Å². The molecule has 0 N–H and O–H groups in total. The summed E-state index contributed by atoms with van der Waals surface area (Å²) < 4.78 is 19.1. The third-order valence-corrected chi connectivity index (χ3v) is 4.17. The lowest BCUT2D eigenvalue weighted by atomic mass is 9.77. The molecule has 1 aliphatic rings. The van der Waals surface area contributed by atoms with Crippen LogP contribution in [-0.2, 0) is 0 Å². The molecule has 2 aromatic carbocycles. The van der Waals surface area contributed by atoms with E-state index in [2.05, 4.69) is 0 Å². The van der Waals surface area contributed by atoms with Gasteiger partial charge in [0.15, 0.2) is 5.78 Å². The molecular weight excluding hydrogens is 267 g/mol. The Morgan fingerprint density at radius 3 is 2.52 bits per heavy atom. The third-order valence-electron chi connectivity index (χ3n) is 4.17. The maximum Gasteiger partial charge on any atom is 0.196 e. The summed E-state index contributed by atoms with van der Waals surface area (Å²) in [6.07, 6.45) is 3.41. The van der Waals surface area contributed by atoms with Crippen molar-refractivity contribution in [3.63, 3.8) is 0 Å². The van der Waals surface area contributed by atoms with E-state index in [1.54, 1.807) is 12.1 Å². The second-order valence-electron chi connectivity index (χ2n) is 5.39. The second kappa shape index (κ2) is 5.68. The fraction of sp³-hybridized carbons (Fsp3) is 0.278. The largest absolute Gasteiger partial charge is 0.497 e. The summed E-state index contributed by atoms with van der Waals surface area (Å²) >= 11 is 0. The predicted octanol–water partition coefficient (Wildman–Crippen LogP) is 4.33. The molecular formula is C18H17FO2. The molecule has 0 amide bonds. The molecule has 1 aliphatic carbocycles. The summed E-state index contributed by atoms with van der Waals surface area (Å²) in [4.78, 5) is 12.7. The number of carbonyl (C=O) groups excluding carboxylic acids is 1. The van der Waals surface area contributed by atoms with Crippen LogP contribution in [0, 0.1) is 5.82 Å². The molecule has 2 nitrogen and oxygen atoms in total. The second-order valence-corrected chi connectivity index (χ2v) is 5.39. The average molecular weight is 284 g/mol. The Balaban J connectivity index is 1.99. The van der Waals surface area contributed by atoms with Crippen LogP contribution >= 0.6 is 0 Å². The molecule has 0 aliphatic heterocycles. The minimum Gasteiger partial charge on any atom is -0.497 e. The molecule has 3 rings (SSSR count). The van der Waals surface area contributed by atoms with Gasteiger partial charge in [-0.25, -0.2) is 4.39 Å². The van der Waals surface area contributed by atoms with Crippen LogP contribution in [0.5, 0.6) is 5.75 Å². The summed E-state index contributed by atoms with van der Waals surface area (Å²) in [7, 11) is 1.47. The highest BCUT2D eigenvalue weighted by Gasteiger charge is 2.25. The topological polar surface area (TPSA) is 26.3 Å². The van der Waals surface area contributed by atoms with Gasteiger partial charge in [0.1, 0.15) is 11.6 Å². The molecule has 0 saturated heterocycles. The zero-order valence-corrected chi connectivity index (χ0v) is 11.9. The lowest BCUT2D eigenvalue weighted by molar-refractivity contribution is 0.103. The molecule has 3 heteroatoms. The van der Waals surface area contributed by atoms with Gasteiger partial charge in [0, 0.05) is 11.6 Å². The number of ketones is 1. The summed E-state index contributed by atoms with van der Waals surface area (Å²) in [5.74, 6) is 0.0585. The van der Waals surface area contributed by atoms with Gasteiger partial charge in [-0.3, -0.25) is 4.79 Å². The Morgan fingerprint density at radius 2 is 1.90 bits per heavy atom. The molecule has 0 radical (unpaired) electrons. The first-order valence-corrected chi connectivity index (χ1v) is 7.18. The lowest BCUT2D eigenvalue weighted by Crippen LogP contribution is -2.15. The van der Waals surface area contributed by atoms with Crippen molar-refractivity contribution >= 4 is 5.78 Å². The lowest BCUT2D eigenvalue weighted by Gasteiger charge is -2.27. The molecule has 0 unspecified atom stereocenters. The number of carbonyl (C=O) groups is 1. The number of ether oxygens (including phenoxy) is 1. The number of rotatable bonds is 4. The number of hydrogen-bond donors (Lipinski definition) is 0. The predicted molar refractivity (Wildman–Crippen MR) is 79.4 cm³/mol. The average Bonchev–Trinajstić information content (AvgIpc) is 2.45. The quantitative estimate of drug-likeness (QED) is 0.781. The van der Waals surface area contributed by atoms with E-state index in [1.165, 1.54) is 25.7 Å². The summed E-state index contributed by atoms with van der Waals surface area (Å²) in [6.45, 7) is 0. The smallest absolute Gasteiger partial charge is 0.196 e.